The van der Waals surface area contributed by atoms with E-state index in [2.05, 4.69) is 51.5 Å². The highest BCUT2D eigenvalue weighted by molar-refractivity contribution is 5.79. The molecule has 0 aromatic carbocycles. The van der Waals surface area contributed by atoms with Gasteiger partial charge in [0.25, 0.3) is 0 Å². The van der Waals surface area contributed by atoms with E-state index in [0.717, 1.165) is 64.8 Å². The number of hydrogen-bond donors (Lipinski definition) is 2. The predicted molar refractivity (Wildman–Crippen MR) is 97.3 cm³/mol. The van der Waals surface area contributed by atoms with Crippen molar-refractivity contribution in [3.63, 3.8) is 0 Å². The van der Waals surface area contributed by atoms with Crippen molar-refractivity contribution in [2.45, 2.75) is 12.5 Å². The Morgan fingerprint density at radius 1 is 1.26 bits per heavy atom. The largest absolute Gasteiger partial charge is 0.385 e. The maximum Gasteiger partial charge on any atom is 0.191 e. The van der Waals surface area contributed by atoms with Crippen molar-refractivity contribution in [3.8, 4) is 0 Å². The summed E-state index contributed by atoms with van der Waals surface area (Å²) in [4.78, 5) is 11.4. The quantitative estimate of drug-likeness (QED) is 0.334. The molecule has 0 spiro atoms. The first-order valence-corrected chi connectivity index (χ1v) is 8.57. The number of ether oxygens (including phenoxy) is 1. The van der Waals surface area contributed by atoms with Crippen LogP contribution in [0.25, 0.3) is 0 Å². The molecule has 1 heterocycles. The van der Waals surface area contributed by atoms with Gasteiger partial charge in [0.15, 0.2) is 5.96 Å². The molecule has 1 saturated heterocycles. The van der Waals surface area contributed by atoms with Gasteiger partial charge in [0.05, 0.1) is 0 Å². The van der Waals surface area contributed by atoms with Gasteiger partial charge in [-0.2, -0.15) is 0 Å². The molecular weight excluding hydrogens is 292 g/mol. The second-order valence-electron chi connectivity index (χ2n) is 6.43. The fourth-order valence-corrected chi connectivity index (χ4v) is 2.71. The molecule has 0 aromatic heterocycles. The summed E-state index contributed by atoms with van der Waals surface area (Å²) in [5, 5.41) is 6.84. The summed E-state index contributed by atoms with van der Waals surface area (Å²) in [6.45, 7) is 8.06. The number of piperazine rings is 1. The Balaban J connectivity index is 2.19. The normalized spacial score (nSPS) is 21.0. The molecular formula is C16H36N6O. The Hall–Kier alpha value is -0.890. The topological polar surface area (TPSA) is 55.4 Å². The minimum atomic E-state index is 0.531. The van der Waals surface area contributed by atoms with Gasteiger partial charge in [0.1, 0.15) is 0 Å². The van der Waals surface area contributed by atoms with Crippen molar-refractivity contribution in [2.75, 3.05) is 87.7 Å². The predicted octanol–water partition coefficient (Wildman–Crippen LogP) is -0.634. The van der Waals surface area contributed by atoms with Gasteiger partial charge < -0.3 is 25.2 Å². The lowest BCUT2D eigenvalue weighted by Crippen LogP contribution is -2.55. The molecule has 1 fully saturated rings. The zero-order valence-corrected chi connectivity index (χ0v) is 15.6. The molecule has 0 saturated carbocycles. The highest BCUT2D eigenvalue weighted by atomic mass is 16.5. The highest BCUT2D eigenvalue weighted by Crippen LogP contribution is 2.04. The third-order valence-electron chi connectivity index (χ3n) is 4.38. The first-order valence-electron chi connectivity index (χ1n) is 8.57. The van der Waals surface area contributed by atoms with Crippen molar-refractivity contribution in [1.29, 1.82) is 0 Å². The van der Waals surface area contributed by atoms with Crippen LogP contribution >= 0.6 is 0 Å². The fraction of sp³-hybridized carbons (Fsp3) is 0.938. The third-order valence-corrected chi connectivity index (χ3v) is 4.38. The number of likely N-dealkylation sites (N-methyl/N-ethyl adjacent to an activating group) is 3. The number of rotatable bonds is 9. The molecule has 0 bridgehead atoms. The number of nitrogens with zero attached hydrogens (tertiary/aromatic N) is 4. The van der Waals surface area contributed by atoms with Crippen LogP contribution in [0.4, 0.5) is 0 Å². The number of methoxy groups -OCH3 is 1. The molecule has 1 aliphatic heterocycles. The summed E-state index contributed by atoms with van der Waals surface area (Å²) >= 11 is 0. The lowest BCUT2D eigenvalue weighted by atomic mass is 10.2. The minimum Gasteiger partial charge on any atom is -0.385 e. The minimum absolute atomic E-state index is 0.531. The molecule has 0 amide bonds. The Morgan fingerprint density at radius 3 is 2.74 bits per heavy atom. The zero-order valence-electron chi connectivity index (χ0n) is 15.6. The van der Waals surface area contributed by atoms with Gasteiger partial charge in [-0.1, -0.05) is 0 Å². The Bertz CT molecular complexity index is 339. The molecule has 0 radical (unpaired) electrons. The van der Waals surface area contributed by atoms with Crippen molar-refractivity contribution in [1.82, 2.24) is 25.3 Å². The average molecular weight is 329 g/mol. The molecule has 2 N–H and O–H groups in total. The summed E-state index contributed by atoms with van der Waals surface area (Å²) in [6, 6.07) is 0.531. The monoisotopic (exact) mass is 328 g/mol. The standard InChI is InChI=1S/C16H36N6O/c1-17-16(18-7-9-20(2)8-6-12-23-5)19-13-15-14-21(3)10-11-22(15)4/h15H,6-14H2,1-5H3,(H2,17,18,19). The molecule has 1 aliphatic rings. The molecule has 7 heteroatoms. The van der Waals surface area contributed by atoms with Crippen LogP contribution in [0.1, 0.15) is 6.42 Å². The first kappa shape index (κ1) is 20.2. The summed E-state index contributed by atoms with van der Waals surface area (Å²) in [7, 11) is 10.1. The summed E-state index contributed by atoms with van der Waals surface area (Å²) in [5.41, 5.74) is 0. The smallest absolute Gasteiger partial charge is 0.191 e. The Labute approximate surface area is 142 Å². The summed E-state index contributed by atoms with van der Waals surface area (Å²) in [5.74, 6) is 0.886. The second-order valence-corrected chi connectivity index (χ2v) is 6.43. The van der Waals surface area contributed by atoms with Gasteiger partial charge in [-0.3, -0.25) is 9.89 Å². The first-order chi connectivity index (χ1) is 11.1. The number of nitrogens with one attached hydrogen (secondary N) is 2. The Kier molecular flexibility index (Phi) is 10.2. The zero-order chi connectivity index (χ0) is 17.1. The fourth-order valence-electron chi connectivity index (χ4n) is 2.71. The Morgan fingerprint density at radius 2 is 2.04 bits per heavy atom. The molecule has 23 heavy (non-hydrogen) atoms. The third kappa shape index (κ3) is 8.50. The van der Waals surface area contributed by atoms with Gasteiger partial charge in [-0.15, -0.1) is 0 Å². The van der Waals surface area contributed by atoms with Crippen molar-refractivity contribution < 1.29 is 4.74 Å². The van der Waals surface area contributed by atoms with Crippen LogP contribution in [0, 0.1) is 0 Å². The lowest BCUT2D eigenvalue weighted by molar-refractivity contribution is 0.116. The van der Waals surface area contributed by atoms with Crippen LogP contribution in [-0.4, -0.2) is 114 Å². The van der Waals surface area contributed by atoms with Crippen molar-refractivity contribution >= 4 is 5.96 Å². The van der Waals surface area contributed by atoms with Gasteiger partial charge in [-0.05, 0) is 27.6 Å². The van der Waals surface area contributed by atoms with E-state index in [4.69, 9.17) is 4.74 Å². The van der Waals surface area contributed by atoms with Crippen LogP contribution in [0.5, 0.6) is 0 Å². The van der Waals surface area contributed by atoms with E-state index < -0.39 is 0 Å². The van der Waals surface area contributed by atoms with E-state index in [1.54, 1.807) is 7.11 Å². The van der Waals surface area contributed by atoms with Gasteiger partial charge in [0.2, 0.25) is 0 Å². The van der Waals surface area contributed by atoms with Crippen LogP contribution in [-0.2, 0) is 4.74 Å². The summed E-state index contributed by atoms with van der Waals surface area (Å²) in [6.07, 6.45) is 1.07. The molecule has 1 atom stereocenters. The SMILES string of the molecule is CN=C(NCCN(C)CCCOC)NCC1CN(C)CCN1C. The molecule has 0 aromatic rings. The van der Waals surface area contributed by atoms with Crippen molar-refractivity contribution in [3.05, 3.63) is 0 Å². The summed E-state index contributed by atoms with van der Waals surface area (Å²) < 4.78 is 5.08. The molecule has 7 nitrogen and oxygen atoms in total. The van der Waals surface area contributed by atoms with Crippen LogP contribution < -0.4 is 10.6 Å². The van der Waals surface area contributed by atoms with E-state index in [1.165, 1.54) is 0 Å². The lowest BCUT2D eigenvalue weighted by Gasteiger charge is -2.37. The molecule has 1 unspecified atom stereocenters. The molecule has 136 valence electrons. The van der Waals surface area contributed by atoms with Crippen molar-refractivity contribution in [2.24, 2.45) is 4.99 Å². The van der Waals surface area contributed by atoms with E-state index in [-0.39, 0.29) is 0 Å². The maximum atomic E-state index is 5.08. The van der Waals surface area contributed by atoms with E-state index >= 15 is 0 Å². The van der Waals surface area contributed by atoms with E-state index in [1.807, 2.05) is 7.05 Å². The van der Waals surface area contributed by atoms with Crippen LogP contribution in [0.2, 0.25) is 0 Å². The molecule has 0 aliphatic carbocycles. The average Bonchev–Trinajstić information content (AvgIpc) is 2.54. The van der Waals surface area contributed by atoms with Crippen LogP contribution in [0.3, 0.4) is 0 Å². The maximum absolute atomic E-state index is 5.08. The number of aliphatic imine (C=N–C) groups is 1. The van der Waals surface area contributed by atoms with Gasteiger partial charge in [-0.25, -0.2) is 0 Å². The number of hydrogen-bond acceptors (Lipinski definition) is 5. The second kappa shape index (κ2) is 11.6. The highest BCUT2D eigenvalue weighted by Gasteiger charge is 2.21. The van der Waals surface area contributed by atoms with E-state index in [9.17, 15) is 0 Å². The van der Waals surface area contributed by atoms with Gasteiger partial charge in [0, 0.05) is 72.6 Å². The van der Waals surface area contributed by atoms with E-state index in [0.29, 0.717) is 6.04 Å². The number of guanidine groups is 1. The van der Waals surface area contributed by atoms with Gasteiger partial charge >= 0.3 is 0 Å². The molecule has 1 rings (SSSR count). The van der Waals surface area contributed by atoms with Crippen LogP contribution in [0.15, 0.2) is 4.99 Å².